The van der Waals surface area contributed by atoms with E-state index in [9.17, 15) is 13.2 Å². The summed E-state index contributed by atoms with van der Waals surface area (Å²) in [6.07, 6.45) is 14.6. The monoisotopic (exact) mass is 366 g/mol. The number of hydrogen-bond donors (Lipinski definition) is 0. The smallest absolute Gasteiger partial charge is 0.194 e. The van der Waals surface area contributed by atoms with Crippen molar-refractivity contribution in [2.45, 2.75) is 89.9 Å². The Morgan fingerprint density at radius 2 is 1.58 bits per heavy atom. The maximum atomic E-state index is 14.4. The summed E-state index contributed by atoms with van der Waals surface area (Å²) in [6.45, 7) is 2.25. The van der Waals surface area contributed by atoms with Gasteiger partial charge in [-0.3, -0.25) is 0 Å². The molecule has 146 valence electrons. The van der Waals surface area contributed by atoms with Crippen LogP contribution in [0.3, 0.4) is 0 Å². The zero-order valence-corrected chi connectivity index (χ0v) is 16.1. The lowest BCUT2D eigenvalue weighted by Gasteiger charge is -2.41. The van der Waals surface area contributed by atoms with E-state index in [4.69, 9.17) is 0 Å². The van der Waals surface area contributed by atoms with Crippen molar-refractivity contribution in [1.82, 2.24) is 0 Å². The standard InChI is InChI=1S/C23H33F3/c1-2-3-4-7-16-10-12-17(13-11-16)18-8-5-6-9-19(18)20-14-15-21(24)23(26)22(20)25/h14-19H,2-13H2,1H3. The van der Waals surface area contributed by atoms with Gasteiger partial charge in [0, 0.05) is 0 Å². The minimum atomic E-state index is -1.30. The fourth-order valence-electron chi connectivity index (χ4n) is 5.53. The molecule has 0 spiro atoms. The van der Waals surface area contributed by atoms with Crippen LogP contribution in [0.4, 0.5) is 13.2 Å². The molecule has 0 amide bonds. The first kappa shape index (κ1) is 19.8. The molecule has 0 nitrogen and oxygen atoms in total. The topological polar surface area (TPSA) is 0 Å². The van der Waals surface area contributed by atoms with Gasteiger partial charge in [0.2, 0.25) is 0 Å². The summed E-state index contributed by atoms with van der Waals surface area (Å²) in [4.78, 5) is 0. The van der Waals surface area contributed by atoms with E-state index >= 15 is 0 Å². The summed E-state index contributed by atoms with van der Waals surface area (Å²) in [6, 6.07) is 2.59. The van der Waals surface area contributed by atoms with E-state index in [1.54, 1.807) is 0 Å². The van der Waals surface area contributed by atoms with Crippen molar-refractivity contribution < 1.29 is 13.2 Å². The third-order valence-corrected chi connectivity index (χ3v) is 7.00. The highest BCUT2D eigenvalue weighted by molar-refractivity contribution is 5.25. The summed E-state index contributed by atoms with van der Waals surface area (Å²) in [5.74, 6) is -1.36. The molecular weight excluding hydrogens is 333 g/mol. The van der Waals surface area contributed by atoms with E-state index in [0.29, 0.717) is 17.4 Å². The van der Waals surface area contributed by atoms with Gasteiger partial charge in [0.05, 0.1) is 0 Å². The van der Waals surface area contributed by atoms with Gasteiger partial charge in [-0.25, -0.2) is 13.2 Å². The molecule has 0 saturated heterocycles. The fourth-order valence-corrected chi connectivity index (χ4v) is 5.53. The molecule has 2 unspecified atom stereocenters. The molecule has 0 aromatic heterocycles. The predicted molar refractivity (Wildman–Crippen MR) is 101 cm³/mol. The second kappa shape index (κ2) is 9.28. The SMILES string of the molecule is CCCCCC1CCC(C2CCCCC2c2ccc(F)c(F)c2F)CC1. The Morgan fingerprint density at radius 3 is 2.31 bits per heavy atom. The first-order valence-electron chi connectivity index (χ1n) is 10.7. The molecule has 2 atom stereocenters. The van der Waals surface area contributed by atoms with Crippen molar-refractivity contribution in [3.8, 4) is 0 Å². The zero-order valence-electron chi connectivity index (χ0n) is 16.1. The third kappa shape index (κ3) is 4.46. The molecule has 1 aromatic carbocycles. The van der Waals surface area contributed by atoms with E-state index < -0.39 is 17.5 Å². The van der Waals surface area contributed by atoms with E-state index in [2.05, 4.69) is 6.92 Å². The molecule has 2 saturated carbocycles. The Hall–Kier alpha value is -0.990. The quantitative estimate of drug-likeness (QED) is 0.356. The molecule has 2 fully saturated rings. The van der Waals surface area contributed by atoms with E-state index in [1.807, 2.05) is 0 Å². The first-order valence-corrected chi connectivity index (χ1v) is 10.7. The van der Waals surface area contributed by atoms with Crippen LogP contribution in [-0.4, -0.2) is 0 Å². The lowest BCUT2D eigenvalue weighted by atomic mass is 9.64. The van der Waals surface area contributed by atoms with Gasteiger partial charge in [0.1, 0.15) is 0 Å². The van der Waals surface area contributed by atoms with Crippen LogP contribution in [0.15, 0.2) is 12.1 Å². The number of unbranched alkanes of at least 4 members (excludes halogenated alkanes) is 2. The minimum Gasteiger partial charge on any atom is -0.204 e. The van der Waals surface area contributed by atoms with Crippen molar-refractivity contribution in [2.24, 2.45) is 17.8 Å². The number of hydrogen-bond acceptors (Lipinski definition) is 0. The summed E-state index contributed by atoms with van der Waals surface area (Å²) in [5.41, 5.74) is 0.415. The lowest BCUT2D eigenvalue weighted by Crippen LogP contribution is -2.29. The van der Waals surface area contributed by atoms with Crippen LogP contribution in [0.2, 0.25) is 0 Å². The van der Waals surface area contributed by atoms with Gasteiger partial charge in [-0.15, -0.1) is 0 Å². The summed E-state index contributed by atoms with van der Waals surface area (Å²) in [5, 5.41) is 0. The van der Waals surface area contributed by atoms with E-state index in [0.717, 1.165) is 31.2 Å². The van der Waals surface area contributed by atoms with Gasteiger partial charge < -0.3 is 0 Å². The summed E-state index contributed by atoms with van der Waals surface area (Å²) in [7, 11) is 0. The molecule has 0 N–H and O–H groups in total. The van der Waals surface area contributed by atoms with Crippen LogP contribution < -0.4 is 0 Å². The van der Waals surface area contributed by atoms with Crippen molar-refractivity contribution in [3.05, 3.63) is 35.1 Å². The average molecular weight is 367 g/mol. The van der Waals surface area contributed by atoms with Gasteiger partial charge in [-0.05, 0) is 61.0 Å². The van der Waals surface area contributed by atoms with Gasteiger partial charge in [-0.2, -0.15) is 0 Å². The molecule has 0 bridgehead atoms. The second-order valence-corrected chi connectivity index (χ2v) is 8.60. The van der Waals surface area contributed by atoms with Crippen molar-refractivity contribution in [2.75, 3.05) is 0 Å². The van der Waals surface area contributed by atoms with Gasteiger partial charge in [-0.1, -0.05) is 64.4 Å². The first-order chi connectivity index (χ1) is 12.6. The number of rotatable bonds is 6. The average Bonchev–Trinajstić information content (AvgIpc) is 2.67. The van der Waals surface area contributed by atoms with Crippen LogP contribution in [0.25, 0.3) is 0 Å². The van der Waals surface area contributed by atoms with E-state index in [-0.39, 0.29) is 5.92 Å². The van der Waals surface area contributed by atoms with Crippen molar-refractivity contribution in [3.63, 3.8) is 0 Å². The Bertz CT molecular complexity index is 575. The summed E-state index contributed by atoms with van der Waals surface area (Å²) < 4.78 is 41.5. The van der Waals surface area contributed by atoms with Gasteiger partial charge in [0.25, 0.3) is 0 Å². The highest BCUT2D eigenvalue weighted by Crippen LogP contribution is 2.48. The zero-order chi connectivity index (χ0) is 18.5. The van der Waals surface area contributed by atoms with Crippen LogP contribution in [0.1, 0.15) is 95.5 Å². The number of halogens is 3. The predicted octanol–water partition coefficient (Wildman–Crippen LogP) is 7.76. The largest absolute Gasteiger partial charge is 0.204 e. The number of benzene rings is 1. The highest BCUT2D eigenvalue weighted by Gasteiger charge is 2.36. The molecule has 26 heavy (non-hydrogen) atoms. The van der Waals surface area contributed by atoms with E-state index in [1.165, 1.54) is 63.9 Å². The summed E-state index contributed by atoms with van der Waals surface area (Å²) >= 11 is 0. The van der Waals surface area contributed by atoms with Gasteiger partial charge in [0.15, 0.2) is 17.5 Å². The lowest BCUT2D eigenvalue weighted by molar-refractivity contribution is 0.141. The van der Waals surface area contributed by atoms with Crippen LogP contribution in [-0.2, 0) is 0 Å². The Balaban J connectivity index is 1.66. The molecule has 3 heteroatoms. The van der Waals surface area contributed by atoms with Crippen molar-refractivity contribution >= 4 is 0 Å². The molecule has 2 aliphatic carbocycles. The molecule has 2 aliphatic rings. The molecular formula is C23H33F3. The highest BCUT2D eigenvalue weighted by atomic mass is 19.2. The Morgan fingerprint density at radius 1 is 0.846 bits per heavy atom. The minimum absolute atomic E-state index is 0.0560. The molecule has 0 heterocycles. The Kier molecular flexibility index (Phi) is 7.05. The van der Waals surface area contributed by atoms with Gasteiger partial charge >= 0.3 is 0 Å². The third-order valence-electron chi connectivity index (χ3n) is 7.00. The maximum Gasteiger partial charge on any atom is 0.194 e. The molecule has 0 radical (unpaired) electrons. The molecule has 0 aliphatic heterocycles. The molecule has 1 aromatic rings. The second-order valence-electron chi connectivity index (χ2n) is 8.60. The van der Waals surface area contributed by atoms with Crippen molar-refractivity contribution in [1.29, 1.82) is 0 Å². The van der Waals surface area contributed by atoms with Crippen LogP contribution in [0.5, 0.6) is 0 Å². The maximum absolute atomic E-state index is 14.4. The molecule has 3 rings (SSSR count). The van der Waals surface area contributed by atoms with Crippen LogP contribution >= 0.6 is 0 Å². The normalized spacial score (nSPS) is 29.7. The van der Waals surface area contributed by atoms with Crippen LogP contribution in [0, 0.1) is 35.2 Å². The fraction of sp³-hybridized carbons (Fsp3) is 0.739. The Labute approximate surface area is 156 Å².